The van der Waals surface area contributed by atoms with Gasteiger partial charge in [0.15, 0.2) is 11.6 Å². The van der Waals surface area contributed by atoms with Crippen molar-refractivity contribution in [2.45, 2.75) is 44.1 Å². The lowest BCUT2D eigenvalue weighted by atomic mass is 9.50. The fourth-order valence-electron chi connectivity index (χ4n) is 5.44. The highest BCUT2D eigenvalue weighted by molar-refractivity contribution is 5.94. The van der Waals surface area contributed by atoms with Crippen LogP contribution in [0.4, 0.5) is 11.6 Å². The van der Waals surface area contributed by atoms with Gasteiger partial charge in [-0.2, -0.15) is 15.2 Å². The zero-order chi connectivity index (χ0) is 24.7. The molecule has 11 nitrogen and oxygen atoms in total. The molecular weight excluding hydrogens is 460 g/mol. The van der Waals surface area contributed by atoms with Crippen LogP contribution in [0.2, 0.25) is 0 Å². The average molecular weight is 491 g/mol. The number of nitriles is 1. The monoisotopic (exact) mass is 490 g/mol. The molecule has 11 heteroatoms. The first kappa shape index (κ1) is 22.8. The van der Waals surface area contributed by atoms with Gasteiger partial charge < -0.3 is 25.4 Å². The Balaban J connectivity index is 1.11. The summed E-state index contributed by atoms with van der Waals surface area (Å²) in [6.45, 7) is 2.48. The molecule has 2 aromatic rings. The van der Waals surface area contributed by atoms with Gasteiger partial charge in [-0.05, 0) is 50.4 Å². The van der Waals surface area contributed by atoms with E-state index in [0.717, 1.165) is 57.5 Å². The summed E-state index contributed by atoms with van der Waals surface area (Å²) in [6, 6.07) is 4.24. The van der Waals surface area contributed by atoms with Crippen molar-refractivity contribution in [3.63, 3.8) is 0 Å². The van der Waals surface area contributed by atoms with Crippen LogP contribution in [0.1, 0.15) is 49.0 Å². The molecule has 0 aromatic carbocycles. The van der Waals surface area contributed by atoms with Gasteiger partial charge in [0.25, 0.3) is 5.91 Å². The minimum absolute atomic E-state index is 0.0343. The number of anilines is 2. The molecule has 4 aliphatic carbocycles. The second-order valence-corrected chi connectivity index (χ2v) is 10.7. The van der Waals surface area contributed by atoms with Gasteiger partial charge in [0.05, 0.1) is 31.4 Å². The van der Waals surface area contributed by atoms with Crippen LogP contribution >= 0.6 is 0 Å². The Morgan fingerprint density at radius 2 is 2.03 bits per heavy atom. The van der Waals surface area contributed by atoms with Gasteiger partial charge in [-0.3, -0.25) is 4.79 Å². The number of aromatic nitrogens is 4. The highest BCUT2D eigenvalue weighted by Crippen LogP contribution is 2.57. The summed E-state index contributed by atoms with van der Waals surface area (Å²) in [5, 5.41) is 12.3. The number of carbonyl (C=O) groups excluding carboxylic acids is 1. The first-order valence-electron chi connectivity index (χ1n) is 12.7. The van der Waals surface area contributed by atoms with Gasteiger partial charge in [-0.25, -0.2) is 9.97 Å². The predicted octanol–water partition coefficient (Wildman–Crippen LogP) is 1.96. The van der Waals surface area contributed by atoms with E-state index < -0.39 is 0 Å². The number of piperidine rings is 1. The van der Waals surface area contributed by atoms with E-state index in [4.69, 9.17) is 20.5 Å². The molecule has 0 unspecified atom stereocenters. The average Bonchev–Trinajstić information content (AvgIpc) is 3.62. The van der Waals surface area contributed by atoms with Crippen LogP contribution in [0.3, 0.4) is 0 Å². The highest BCUT2D eigenvalue weighted by Gasteiger charge is 2.57. The number of hydrogen-bond donors (Lipinski definition) is 2. The number of amides is 1. The molecule has 5 aliphatic rings. The third kappa shape index (κ3) is 4.59. The van der Waals surface area contributed by atoms with Gasteiger partial charge in [-0.1, -0.05) is 0 Å². The van der Waals surface area contributed by atoms with Crippen LogP contribution in [0.25, 0.3) is 0 Å². The Morgan fingerprint density at radius 1 is 1.22 bits per heavy atom. The molecular formula is C25H30N8O3. The molecule has 0 spiro atoms. The molecule has 2 atom stereocenters. The largest absolute Gasteiger partial charge is 0.488 e. The van der Waals surface area contributed by atoms with Gasteiger partial charge in [-0.15, -0.1) is 0 Å². The molecule has 2 aromatic heterocycles. The van der Waals surface area contributed by atoms with Gasteiger partial charge >= 0.3 is 6.01 Å². The number of nitrogens with two attached hydrogens (primary N) is 1. The van der Waals surface area contributed by atoms with Crippen molar-refractivity contribution in [3.8, 4) is 17.8 Å². The van der Waals surface area contributed by atoms with Crippen molar-refractivity contribution < 1.29 is 14.3 Å². The lowest BCUT2D eigenvalue weighted by Crippen LogP contribution is -2.68. The predicted molar refractivity (Wildman–Crippen MR) is 129 cm³/mol. The minimum Gasteiger partial charge on any atom is -0.488 e. The molecule has 1 aliphatic heterocycles. The van der Waals surface area contributed by atoms with E-state index >= 15 is 0 Å². The van der Waals surface area contributed by atoms with Crippen LogP contribution < -0.4 is 25.4 Å². The molecule has 3 heterocycles. The molecule has 0 radical (unpaired) electrons. The number of nitrogens with zero attached hydrogens (tertiary/aromatic N) is 6. The zero-order valence-electron chi connectivity index (χ0n) is 20.1. The molecule has 2 bridgehead atoms. The van der Waals surface area contributed by atoms with Crippen molar-refractivity contribution >= 4 is 17.5 Å². The third-order valence-corrected chi connectivity index (χ3v) is 7.98. The fourth-order valence-corrected chi connectivity index (χ4v) is 5.44. The van der Waals surface area contributed by atoms with E-state index in [9.17, 15) is 4.79 Å². The summed E-state index contributed by atoms with van der Waals surface area (Å²) in [7, 11) is 0. The molecule has 3 N–H and O–H groups in total. The normalized spacial score (nSPS) is 28.3. The van der Waals surface area contributed by atoms with E-state index in [1.807, 2.05) is 0 Å². The van der Waals surface area contributed by atoms with E-state index in [-0.39, 0.29) is 29.3 Å². The standard InChI is InChI=1S/C25H30N8O3/c26-10-17-5-18(17)13-36-24-30-19(23(34)32-25-7-16(8-25)9-25)6-21(31-24)33-3-1-15(2-4-33)12-35-20-11-28-14-29-22(20)27/h6,11,14-18H,1-5,7-9,12-13H2,(H,32,34)(H2,27,28,29)/t16?,17-,18+,25?/m0/s1. The molecule has 188 valence electrons. The number of carbonyl (C=O) groups is 1. The van der Waals surface area contributed by atoms with Crippen LogP contribution in [-0.4, -0.2) is 57.7 Å². The van der Waals surface area contributed by atoms with Gasteiger partial charge in [0.1, 0.15) is 17.8 Å². The molecule has 1 amide bonds. The zero-order valence-corrected chi connectivity index (χ0v) is 20.1. The summed E-state index contributed by atoms with van der Waals surface area (Å²) < 4.78 is 11.7. The van der Waals surface area contributed by atoms with Crippen LogP contribution in [-0.2, 0) is 0 Å². The summed E-state index contributed by atoms with van der Waals surface area (Å²) in [4.78, 5) is 32.2. The Bertz CT molecular complexity index is 1180. The second kappa shape index (κ2) is 9.08. The van der Waals surface area contributed by atoms with E-state index in [1.54, 1.807) is 12.3 Å². The number of nitrogen functional groups attached to an aromatic ring is 1. The van der Waals surface area contributed by atoms with Crippen molar-refractivity contribution in [2.24, 2.45) is 23.7 Å². The van der Waals surface area contributed by atoms with Gasteiger partial charge in [0, 0.05) is 30.6 Å². The number of hydrogen-bond acceptors (Lipinski definition) is 10. The van der Waals surface area contributed by atoms with Crippen molar-refractivity contribution in [1.82, 2.24) is 25.3 Å². The molecule has 5 fully saturated rings. The molecule has 1 saturated heterocycles. The Hall–Kier alpha value is -3.68. The second-order valence-electron chi connectivity index (χ2n) is 10.7. The van der Waals surface area contributed by atoms with Crippen LogP contribution in [0.15, 0.2) is 18.6 Å². The van der Waals surface area contributed by atoms with E-state index in [0.29, 0.717) is 42.2 Å². The molecule has 7 rings (SSSR count). The van der Waals surface area contributed by atoms with E-state index in [1.165, 1.54) is 6.33 Å². The summed E-state index contributed by atoms with van der Waals surface area (Å²) in [6.07, 6.45) is 8.83. The van der Waals surface area contributed by atoms with E-state index in [2.05, 4.69) is 36.2 Å². The lowest BCUT2D eigenvalue weighted by Gasteiger charge is -2.61. The summed E-state index contributed by atoms with van der Waals surface area (Å²) in [5.41, 5.74) is 6.14. The van der Waals surface area contributed by atoms with Crippen molar-refractivity contribution in [1.29, 1.82) is 5.26 Å². The maximum Gasteiger partial charge on any atom is 0.319 e. The fraction of sp³-hybridized carbons (Fsp3) is 0.600. The maximum absolute atomic E-state index is 13.1. The first-order valence-corrected chi connectivity index (χ1v) is 12.7. The SMILES string of the molecule is N#C[C@@H]1C[C@@H]1COc1nc(C(=O)NC23CC(C2)C3)cc(N2CCC(COc3cncnc3N)CC2)n1. The Labute approximate surface area is 209 Å². The Kier molecular flexibility index (Phi) is 5.74. The van der Waals surface area contributed by atoms with Crippen molar-refractivity contribution in [2.75, 3.05) is 36.9 Å². The minimum atomic E-state index is -0.172. The first-order chi connectivity index (χ1) is 17.5. The summed E-state index contributed by atoms with van der Waals surface area (Å²) >= 11 is 0. The van der Waals surface area contributed by atoms with Crippen LogP contribution in [0.5, 0.6) is 11.8 Å². The quantitative estimate of drug-likeness (QED) is 0.533. The Morgan fingerprint density at radius 3 is 2.69 bits per heavy atom. The number of nitrogens with one attached hydrogen (secondary N) is 1. The topological polar surface area (TPSA) is 152 Å². The smallest absolute Gasteiger partial charge is 0.319 e. The number of ether oxygens (including phenoxy) is 2. The van der Waals surface area contributed by atoms with Crippen molar-refractivity contribution in [3.05, 3.63) is 24.3 Å². The van der Waals surface area contributed by atoms with Gasteiger partial charge in [0.2, 0.25) is 0 Å². The molecule has 4 saturated carbocycles. The lowest BCUT2D eigenvalue weighted by molar-refractivity contribution is -0.0439. The third-order valence-electron chi connectivity index (χ3n) is 7.98. The maximum atomic E-state index is 13.1. The summed E-state index contributed by atoms with van der Waals surface area (Å²) in [5.74, 6) is 2.75. The molecule has 36 heavy (non-hydrogen) atoms. The number of rotatable bonds is 9. The highest BCUT2D eigenvalue weighted by atomic mass is 16.5. The van der Waals surface area contributed by atoms with Crippen LogP contribution in [0, 0.1) is 35.0 Å².